The van der Waals surface area contributed by atoms with Gasteiger partial charge < -0.3 is 24.1 Å². The second-order valence-electron chi connectivity index (χ2n) is 8.72. The van der Waals surface area contributed by atoms with Gasteiger partial charge in [0, 0.05) is 5.56 Å². The molecule has 3 aromatic carbocycles. The van der Waals surface area contributed by atoms with Crippen molar-refractivity contribution in [3.05, 3.63) is 101 Å². The van der Waals surface area contributed by atoms with Crippen LogP contribution in [0.25, 0.3) is 0 Å². The van der Waals surface area contributed by atoms with Gasteiger partial charge in [-0.3, -0.25) is 0 Å². The largest absolute Gasteiger partial charge is 0.497 e. The Bertz CT molecular complexity index is 1100. The zero-order chi connectivity index (χ0) is 24.3. The van der Waals surface area contributed by atoms with Crippen LogP contribution in [0.2, 0.25) is 0 Å². The molecule has 0 bridgehead atoms. The first-order valence-electron chi connectivity index (χ1n) is 11.0. The van der Waals surface area contributed by atoms with E-state index in [0.717, 1.165) is 5.56 Å². The Kier molecular flexibility index (Phi) is 7.00. The molecule has 1 N–H and O–H groups in total. The summed E-state index contributed by atoms with van der Waals surface area (Å²) < 4.78 is 51.8. The van der Waals surface area contributed by atoms with E-state index in [2.05, 4.69) is 0 Å². The van der Waals surface area contributed by atoms with Crippen LogP contribution >= 0.6 is 0 Å². The van der Waals surface area contributed by atoms with Gasteiger partial charge in [-0.2, -0.15) is 0 Å². The number of hydrogen-bond donors (Lipinski definition) is 1. The third-order valence-corrected chi connectivity index (χ3v) is 5.93. The molecule has 1 aliphatic rings. The third-order valence-electron chi connectivity index (χ3n) is 5.93. The standard InChI is InChI=1S/C27H28F2O5/c1-26(2)33-16-24(34-26)25(18-8-14-21(31-3)15-9-18)32-17-27(30,19-10-12-20(28)13-11-19)22-6-4-5-7-23(22)29/h4-15,24-25,30H,16-17H2,1-3H3/t24-,25-,27-/m1/s1. The van der Waals surface area contributed by atoms with Crippen LogP contribution in [0.5, 0.6) is 5.75 Å². The van der Waals surface area contributed by atoms with Crippen LogP contribution in [0.15, 0.2) is 72.8 Å². The van der Waals surface area contributed by atoms with Gasteiger partial charge in [0.2, 0.25) is 0 Å². The molecule has 7 heteroatoms. The summed E-state index contributed by atoms with van der Waals surface area (Å²) in [5.74, 6) is -1.17. The Hall–Kier alpha value is -2.84. The topological polar surface area (TPSA) is 57.2 Å². The molecular formula is C27H28F2O5. The van der Waals surface area contributed by atoms with E-state index in [-0.39, 0.29) is 18.8 Å². The average molecular weight is 471 g/mol. The molecule has 34 heavy (non-hydrogen) atoms. The van der Waals surface area contributed by atoms with Crippen LogP contribution in [0.1, 0.15) is 36.6 Å². The summed E-state index contributed by atoms with van der Waals surface area (Å²) in [6, 6.07) is 18.5. The summed E-state index contributed by atoms with van der Waals surface area (Å²) in [7, 11) is 1.58. The molecule has 0 spiro atoms. The van der Waals surface area contributed by atoms with Crippen molar-refractivity contribution in [3.8, 4) is 5.75 Å². The highest BCUT2D eigenvalue weighted by Gasteiger charge is 2.41. The molecular weight excluding hydrogens is 442 g/mol. The highest BCUT2D eigenvalue weighted by molar-refractivity contribution is 5.37. The van der Waals surface area contributed by atoms with Crippen molar-refractivity contribution in [2.75, 3.05) is 20.3 Å². The number of hydrogen-bond acceptors (Lipinski definition) is 5. The summed E-state index contributed by atoms with van der Waals surface area (Å²) in [6.45, 7) is 3.59. The highest BCUT2D eigenvalue weighted by atomic mass is 19.1. The molecule has 3 atom stereocenters. The van der Waals surface area contributed by atoms with Crippen molar-refractivity contribution in [2.24, 2.45) is 0 Å². The minimum Gasteiger partial charge on any atom is -0.497 e. The van der Waals surface area contributed by atoms with E-state index in [9.17, 15) is 13.9 Å². The van der Waals surface area contributed by atoms with Gasteiger partial charge in [0.25, 0.3) is 0 Å². The van der Waals surface area contributed by atoms with Crippen molar-refractivity contribution >= 4 is 0 Å². The molecule has 0 unspecified atom stereocenters. The van der Waals surface area contributed by atoms with Gasteiger partial charge in [-0.15, -0.1) is 0 Å². The quantitative estimate of drug-likeness (QED) is 0.495. The van der Waals surface area contributed by atoms with E-state index in [1.165, 1.54) is 42.5 Å². The van der Waals surface area contributed by atoms with E-state index < -0.39 is 35.2 Å². The molecule has 1 fully saturated rings. The Morgan fingerprint density at radius 3 is 2.29 bits per heavy atom. The molecule has 0 amide bonds. The molecule has 3 aromatic rings. The number of methoxy groups -OCH3 is 1. The van der Waals surface area contributed by atoms with Crippen LogP contribution in [0.3, 0.4) is 0 Å². The fourth-order valence-electron chi connectivity index (χ4n) is 4.13. The molecule has 1 saturated heterocycles. The monoisotopic (exact) mass is 470 g/mol. The van der Waals surface area contributed by atoms with Gasteiger partial charge in [-0.05, 0) is 55.3 Å². The van der Waals surface area contributed by atoms with Crippen molar-refractivity contribution < 1.29 is 32.8 Å². The van der Waals surface area contributed by atoms with E-state index in [0.29, 0.717) is 11.3 Å². The molecule has 1 aliphatic heterocycles. The maximum Gasteiger partial charge on any atom is 0.163 e. The lowest BCUT2D eigenvalue weighted by molar-refractivity contribution is -0.164. The molecule has 0 saturated carbocycles. The number of ether oxygens (including phenoxy) is 4. The molecule has 0 aromatic heterocycles. The Morgan fingerprint density at radius 1 is 1.03 bits per heavy atom. The number of benzene rings is 3. The van der Waals surface area contributed by atoms with Crippen molar-refractivity contribution in [3.63, 3.8) is 0 Å². The van der Waals surface area contributed by atoms with Crippen molar-refractivity contribution in [1.82, 2.24) is 0 Å². The van der Waals surface area contributed by atoms with Gasteiger partial charge in [-0.1, -0.05) is 42.5 Å². The summed E-state index contributed by atoms with van der Waals surface area (Å²) in [5, 5.41) is 11.8. The fourth-order valence-corrected chi connectivity index (χ4v) is 4.13. The fraction of sp³-hybridized carbons (Fsp3) is 0.333. The number of halogens is 2. The SMILES string of the molecule is COc1ccc([C@@H](OC[C@@](O)(c2ccc(F)cc2)c2ccccc2F)[C@H]2COC(C)(C)O2)cc1. The maximum atomic E-state index is 14.8. The Labute approximate surface area is 197 Å². The zero-order valence-electron chi connectivity index (χ0n) is 19.3. The second-order valence-corrected chi connectivity index (χ2v) is 8.72. The lowest BCUT2D eigenvalue weighted by Crippen LogP contribution is -2.37. The van der Waals surface area contributed by atoms with E-state index in [1.807, 2.05) is 26.0 Å². The van der Waals surface area contributed by atoms with Gasteiger partial charge >= 0.3 is 0 Å². The minimum absolute atomic E-state index is 0.0269. The first-order valence-corrected chi connectivity index (χ1v) is 11.0. The lowest BCUT2D eigenvalue weighted by Gasteiger charge is -2.33. The van der Waals surface area contributed by atoms with Crippen LogP contribution in [0, 0.1) is 11.6 Å². The lowest BCUT2D eigenvalue weighted by atomic mass is 9.86. The van der Waals surface area contributed by atoms with Crippen LogP contribution in [-0.2, 0) is 19.8 Å². The van der Waals surface area contributed by atoms with Crippen molar-refractivity contribution in [2.45, 2.75) is 37.4 Å². The van der Waals surface area contributed by atoms with Crippen LogP contribution in [-0.4, -0.2) is 37.3 Å². The van der Waals surface area contributed by atoms with Crippen LogP contribution in [0.4, 0.5) is 8.78 Å². The van der Waals surface area contributed by atoms with Crippen LogP contribution < -0.4 is 4.74 Å². The predicted molar refractivity (Wildman–Crippen MR) is 122 cm³/mol. The normalized spacial score (nSPS) is 20.0. The predicted octanol–water partition coefficient (Wildman–Crippen LogP) is 5.12. The number of aliphatic hydroxyl groups is 1. The summed E-state index contributed by atoms with van der Waals surface area (Å²) in [6.07, 6.45) is -1.10. The molecule has 4 rings (SSSR count). The molecule has 1 heterocycles. The average Bonchev–Trinajstić information content (AvgIpc) is 3.19. The van der Waals surface area contributed by atoms with Gasteiger partial charge in [0.1, 0.15) is 35.2 Å². The molecule has 0 radical (unpaired) electrons. The molecule has 0 aliphatic carbocycles. The van der Waals surface area contributed by atoms with Crippen molar-refractivity contribution in [1.29, 1.82) is 0 Å². The van der Waals surface area contributed by atoms with Gasteiger partial charge in [0.05, 0.1) is 20.3 Å². The summed E-state index contributed by atoms with van der Waals surface area (Å²) in [5.41, 5.74) is -0.767. The molecule has 180 valence electrons. The Morgan fingerprint density at radius 2 is 1.71 bits per heavy atom. The van der Waals surface area contributed by atoms with E-state index in [1.54, 1.807) is 25.3 Å². The summed E-state index contributed by atoms with van der Waals surface area (Å²) >= 11 is 0. The maximum absolute atomic E-state index is 14.8. The Balaban J connectivity index is 1.69. The molecule has 5 nitrogen and oxygen atoms in total. The zero-order valence-corrected chi connectivity index (χ0v) is 19.3. The highest BCUT2D eigenvalue weighted by Crippen LogP contribution is 2.38. The summed E-state index contributed by atoms with van der Waals surface area (Å²) in [4.78, 5) is 0. The van der Waals surface area contributed by atoms with E-state index >= 15 is 0 Å². The smallest absolute Gasteiger partial charge is 0.163 e. The minimum atomic E-state index is -1.88. The third kappa shape index (κ3) is 5.13. The van der Waals surface area contributed by atoms with E-state index in [4.69, 9.17) is 18.9 Å². The van der Waals surface area contributed by atoms with Gasteiger partial charge in [-0.25, -0.2) is 8.78 Å². The first kappa shape index (κ1) is 24.3. The first-order chi connectivity index (χ1) is 16.2. The number of rotatable bonds is 8. The second kappa shape index (κ2) is 9.80. The van der Waals surface area contributed by atoms with Gasteiger partial charge in [0.15, 0.2) is 5.79 Å².